The summed E-state index contributed by atoms with van der Waals surface area (Å²) >= 11 is 0. The summed E-state index contributed by atoms with van der Waals surface area (Å²) in [6, 6.07) is 10.6. The van der Waals surface area contributed by atoms with Crippen molar-refractivity contribution >= 4 is 16.6 Å². The van der Waals surface area contributed by atoms with Gasteiger partial charge in [-0.2, -0.15) is 0 Å². The summed E-state index contributed by atoms with van der Waals surface area (Å²) in [6.07, 6.45) is 0. The highest BCUT2D eigenvalue weighted by Gasteiger charge is 2.19. The third-order valence-corrected chi connectivity index (χ3v) is 3.94. The van der Waals surface area contributed by atoms with E-state index in [4.69, 9.17) is 10.1 Å². The zero-order valence-corrected chi connectivity index (χ0v) is 11.9. The molecular formula is C16H21N3O. The largest absolute Gasteiger partial charge is 0.395 e. The van der Waals surface area contributed by atoms with Crippen molar-refractivity contribution in [1.82, 2.24) is 9.88 Å². The van der Waals surface area contributed by atoms with E-state index in [1.807, 2.05) is 0 Å². The molecule has 1 saturated heterocycles. The molecule has 0 atom stereocenters. The molecule has 0 spiro atoms. The minimum absolute atomic E-state index is 0.242. The van der Waals surface area contributed by atoms with Crippen LogP contribution in [0.5, 0.6) is 0 Å². The van der Waals surface area contributed by atoms with E-state index in [1.165, 1.54) is 10.8 Å². The monoisotopic (exact) mass is 271 g/mol. The summed E-state index contributed by atoms with van der Waals surface area (Å²) in [4.78, 5) is 9.42. The molecule has 1 N–H and O–H groups in total. The smallest absolute Gasteiger partial charge is 0.136 e. The van der Waals surface area contributed by atoms with Gasteiger partial charge in [-0.25, -0.2) is 4.98 Å². The molecule has 4 nitrogen and oxygen atoms in total. The van der Waals surface area contributed by atoms with Crippen LogP contribution >= 0.6 is 0 Å². The number of aromatic nitrogens is 1. The van der Waals surface area contributed by atoms with Crippen molar-refractivity contribution in [2.45, 2.75) is 6.92 Å². The molecule has 3 rings (SSSR count). The lowest BCUT2D eigenvalue weighted by molar-refractivity contribution is 0.188. The first-order valence-corrected chi connectivity index (χ1v) is 7.22. The molecule has 1 aliphatic heterocycles. The third kappa shape index (κ3) is 2.62. The number of fused-ring (bicyclic) bond motifs is 1. The molecule has 0 bridgehead atoms. The molecule has 2 heterocycles. The van der Waals surface area contributed by atoms with Crippen LogP contribution in [-0.2, 0) is 0 Å². The Labute approximate surface area is 119 Å². The Hall–Kier alpha value is -1.65. The molecule has 106 valence electrons. The second kappa shape index (κ2) is 5.77. The number of piperazine rings is 1. The standard InChI is InChI=1S/C16H21N3O/c1-13-12-14-4-2-3-5-15(14)16(17-13)19-8-6-18(7-9-19)10-11-20/h2-5,12,20H,6-11H2,1H3. The minimum atomic E-state index is 0.242. The van der Waals surface area contributed by atoms with Crippen molar-refractivity contribution in [3.63, 3.8) is 0 Å². The van der Waals surface area contributed by atoms with E-state index in [1.54, 1.807) is 0 Å². The summed E-state index contributed by atoms with van der Waals surface area (Å²) < 4.78 is 0. The number of hydrogen-bond donors (Lipinski definition) is 1. The molecule has 2 aromatic rings. The predicted molar refractivity (Wildman–Crippen MR) is 82.2 cm³/mol. The number of hydrogen-bond acceptors (Lipinski definition) is 4. The van der Waals surface area contributed by atoms with Crippen molar-refractivity contribution in [1.29, 1.82) is 0 Å². The number of benzene rings is 1. The van der Waals surface area contributed by atoms with Gasteiger partial charge >= 0.3 is 0 Å². The van der Waals surface area contributed by atoms with E-state index in [0.29, 0.717) is 0 Å². The zero-order valence-electron chi connectivity index (χ0n) is 11.9. The fourth-order valence-corrected chi connectivity index (χ4v) is 2.88. The number of nitrogens with zero attached hydrogens (tertiary/aromatic N) is 3. The van der Waals surface area contributed by atoms with Gasteiger partial charge in [0.15, 0.2) is 0 Å². The zero-order chi connectivity index (χ0) is 13.9. The number of aliphatic hydroxyl groups excluding tert-OH is 1. The average molecular weight is 271 g/mol. The van der Waals surface area contributed by atoms with Gasteiger partial charge in [-0.05, 0) is 18.4 Å². The van der Waals surface area contributed by atoms with Gasteiger partial charge in [0, 0.05) is 43.8 Å². The number of aryl methyl sites for hydroxylation is 1. The van der Waals surface area contributed by atoms with E-state index in [9.17, 15) is 0 Å². The molecule has 1 aromatic carbocycles. The number of β-amino-alcohol motifs (C(OH)–C–C–N with tert-alkyl or cyclic N) is 1. The van der Waals surface area contributed by atoms with Gasteiger partial charge in [-0.15, -0.1) is 0 Å². The van der Waals surface area contributed by atoms with Crippen LogP contribution in [-0.4, -0.2) is 54.3 Å². The molecule has 20 heavy (non-hydrogen) atoms. The summed E-state index contributed by atoms with van der Waals surface area (Å²) in [6.45, 7) is 7.00. The molecule has 0 amide bonds. The Morgan fingerprint density at radius 2 is 1.90 bits per heavy atom. The van der Waals surface area contributed by atoms with E-state index in [2.05, 4.69) is 47.1 Å². The van der Waals surface area contributed by atoms with Gasteiger partial charge in [-0.3, -0.25) is 4.90 Å². The Morgan fingerprint density at radius 3 is 2.65 bits per heavy atom. The van der Waals surface area contributed by atoms with Crippen molar-refractivity contribution in [2.24, 2.45) is 0 Å². The summed E-state index contributed by atoms with van der Waals surface area (Å²) in [5, 5.41) is 11.5. The highest BCUT2D eigenvalue weighted by atomic mass is 16.3. The maximum absolute atomic E-state index is 9.01. The second-order valence-corrected chi connectivity index (χ2v) is 5.36. The fraction of sp³-hybridized carbons (Fsp3) is 0.438. The Morgan fingerprint density at radius 1 is 1.15 bits per heavy atom. The normalized spacial score (nSPS) is 16.8. The van der Waals surface area contributed by atoms with Crippen molar-refractivity contribution in [2.75, 3.05) is 44.2 Å². The minimum Gasteiger partial charge on any atom is -0.395 e. The van der Waals surface area contributed by atoms with Crippen LogP contribution in [0.15, 0.2) is 30.3 Å². The second-order valence-electron chi connectivity index (χ2n) is 5.36. The predicted octanol–water partition coefficient (Wildman–Crippen LogP) is 1.66. The molecule has 0 unspecified atom stereocenters. The van der Waals surface area contributed by atoms with Gasteiger partial charge in [0.2, 0.25) is 0 Å². The number of aliphatic hydroxyl groups is 1. The lowest BCUT2D eigenvalue weighted by atomic mass is 10.1. The van der Waals surface area contributed by atoms with Crippen LogP contribution in [0.25, 0.3) is 10.8 Å². The molecule has 4 heteroatoms. The van der Waals surface area contributed by atoms with Crippen LogP contribution in [0.4, 0.5) is 5.82 Å². The maximum Gasteiger partial charge on any atom is 0.136 e. The Kier molecular flexibility index (Phi) is 3.85. The quantitative estimate of drug-likeness (QED) is 0.921. The van der Waals surface area contributed by atoms with Crippen molar-refractivity contribution in [3.05, 3.63) is 36.0 Å². The summed E-state index contributed by atoms with van der Waals surface area (Å²) in [7, 11) is 0. The molecule has 0 radical (unpaired) electrons. The van der Waals surface area contributed by atoms with Gasteiger partial charge in [-0.1, -0.05) is 24.3 Å². The summed E-state index contributed by atoms with van der Waals surface area (Å²) in [5.74, 6) is 1.10. The van der Waals surface area contributed by atoms with E-state index in [0.717, 1.165) is 44.2 Å². The highest BCUT2D eigenvalue weighted by molar-refractivity contribution is 5.92. The first-order chi connectivity index (χ1) is 9.78. The lowest BCUT2D eigenvalue weighted by Crippen LogP contribution is -2.47. The van der Waals surface area contributed by atoms with Gasteiger partial charge < -0.3 is 10.0 Å². The molecule has 1 aromatic heterocycles. The highest BCUT2D eigenvalue weighted by Crippen LogP contribution is 2.26. The van der Waals surface area contributed by atoms with E-state index < -0.39 is 0 Å². The molecular weight excluding hydrogens is 250 g/mol. The number of pyridine rings is 1. The molecule has 0 saturated carbocycles. The van der Waals surface area contributed by atoms with Crippen LogP contribution in [0.2, 0.25) is 0 Å². The summed E-state index contributed by atoms with van der Waals surface area (Å²) in [5.41, 5.74) is 1.07. The van der Waals surface area contributed by atoms with E-state index >= 15 is 0 Å². The molecule has 0 aliphatic carbocycles. The maximum atomic E-state index is 9.01. The van der Waals surface area contributed by atoms with Crippen LogP contribution in [0.3, 0.4) is 0 Å². The van der Waals surface area contributed by atoms with Crippen molar-refractivity contribution < 1.29 is 5.11 Å². The number of anilines is 1. The third-order valence-electron chi connectivity index (χ3n) is 3.94. The topological polar surface area (TPSA) is 39.6 Å². The van der Waals surface area contributed by atoms with Gasteiger partial charge in [0.25, 0.3) is 0 Å². The van der Waals surface area contributed by atoms with Gasteiger partial charge in [0.05, 0.1) is 6.61 Å². The first kappa shape index (κ1) is 13.3. The van der Waals surface area contributed by atoms with Crippen molar-refractivity contribution in [3.8, 4) is 0 Å². The number of rotatable bonds is 3. The van der Waals surface area contributed by atoms with Gasteiger partial charge in [0.1, 0.15) is 5.82 Å². The SMILES string of the molecule is Cc1cc2ccccc2c(N2CCN(CCO)CC2)n1. The molecule has 1 aliphatic rings. The first-order valence-electron chi connectivity index (χ1n) is 7.22. The Bertz CT molecular complexity index is 591. The van der Waals surface area contributed by atoms with Crippen LogP contribution in [0, 0.1) is 6.92 Å². The van der Waals surface area contributed by atoms with Crippen LogP contribution < -0.4 is 4.90 Å². The van der Waals surface area contributed by atoms with E-state index in [-0.39, 0.29) is 6.61 Å². The molecule has 1 fully saturated rings. The fourth-order valence-electron chi connectivity index (χ4n) is 2.88. The van der Waals surface area contributed by atoms with Crippen LogP contribution in [0.1, 0.15) is 5.69 Å². The Balaban J connectivity index is 1.87. The average Bonchev–Trinajstić information content (AvgIpc) is 2.47. The lowest BCUT2D eigenvalue weighted by Gasteiger charge is -2.35.